The molecule has 1 amide bonds. The second kappa shape index (κ2) is 8.28. The molecule has 9 heteroatoms. The van der Waals surface area contributed by atoms with Gasteiger partial charge in [-0.15, -0.1) is 11.3 Å². The number of rotatable bonds is 3. The first kappa shape index (κ1) is 20.5. The minimum atomic E-state index is -0.158. The fourth-order valence-corrected chi connectivity index (χ4v) is 6.38. The number of nitrogens with one attached hydrogen (secondary N) is 1. The van der Waals surface area contributed by atoms with Crippen LogP contribution >= 0.6 is 50.5 Å². The number of fused-ring (bicyclic) bond motifs is 3. The summed E-state index contributed by atoms with van der Waals surface area (Å²) in [5.41, 5.74) is 7.24. The van der Waals surface area contributed by atoms with Crippen LogP contribution in [0.15, 0.2) is 28.1 Å². The Morgan fingerprint density at radius 2 is 1.93 bits per heavy atom. The SMILES string of the molecule is O=C(NN1CCCCC1)c1nn(-c2ccc(Cl)cc2Cl)c2c1CCc1sc(Br)cc1-2. The van der Waals surface area contributed by atoms with E-state index in [2.05, 4.69) is 27.4 Å². The average molecular weight is 526 g/mol. The quantitative estimate of drug-likeness (QED) is 0.463. The van der Waals surface area contributed by atoms with Gasteiger partial charge in [0.25, 0.3) is 5.91 Å². The number of hydrogen-bond acceptors (Lipinski definition) is 4. The molecule has 0 radical (unpaired) electrons. The first-order valence-electron chi connectivity index (χ1n) is 9.93. The van der Waals surface area contributed by atoms with Gasteiger partial charge in [-0.2, -0.15) is 5.10 Å². The Balaban J connectivity index is 1.63. The smallest absolute Gasteiger partial charge is 0.283 e. The Labute approximate surface area is 197 Å². The monoisotopic (exact) mass is 524 g/mol. The summed E-state index contributed by atoms with van der Waals surface area (Å²) in [6, 6.07) is 7.44. The number of carbonyl (C=O) groups excluding carboxylic acids is 1. The molecular weight excluding hydrogens is 507 g/mol. The van der Waals surface area contributed by atoms with Gasteiger partial charge < -0.3 is 0 Å². The number of benzene rings is 1. The fraction of sp³-hybridized carbons (Fsp3) is 0.333. The average Bonchev–Trinajstić information content (AvgIpc) is 3.28. The van der Waals surface area contributed by atoms with Crippen molar-refractivity contribution in [2.24, 2.45) is 0 Å². The van der Waals surface area contributed by atoms with Crippen LogP contribution in [0.1, 0.15) is 40.2 Å². The van der Waals surface area contributed by atoms with E-state index in [1.807, 2.05) is 11.1 Å². The summed E-state index contributed by atoms with van der Waals surface area (Å²) in [5, 5.41) is 7.83. The molecule has 0 bridgehead atoms. The van der Waals surface area contributed by atoms with Gasteiger partial charge in [-0.1, -0.05) is 29.6 Å². The molecule has 5 nitrogen and oxygen atoms in total. The molecule has 0 spiro atoms. The highest BCUT2D eigenvalue weighted by Crippen LogP contribution is 2.43. The van der Waals surface area contributed by atoms with Crippen molar-refractivity contribution in [1.29, 1.82) is 0 Å². The number of hydrogen-bond donors (Lipinski definition) is 1. The number of hydrazine groups is 1. The normalized spacial score (nSPS) is 16.2. The Bertz CT molecular complexity index is 1140. The van der Waals surface area contributed by atoms with Crippen molar-refractivity contribution in [2.75, 3.05) is 13.1 Å². The van der Waals surface area contributed by atoms with Crippen LogP contribution in [0, 0.1) is 0 Å². The molecule has 0 atom stereocenters. The van der Waals surface area contributed by atoms with Crippen molar-refractivity contribution in [2.45, 2.75) is 32.1 Å². The summed E-state index contributed by atoms with van der Waals surface area (Å²) in [5.74, 6) is -0.158. The first-order chi connectivity index (χ1) is 14.5. The highest BCUT2D eigenvalue weighted by Gasteiger charge is 2.31. The summed E-state index contributed by atoms with van der Waals surface area (Å²) < 4.78 is 2.87. The van der Waals surface area contributed by atoms with Gasteiger partial charge in [-0.3, -0.25) is 10.2 Å². The Morgan fingerprint density at radius 1 is 1.13 bits per heavy atom. The largest absolute Gasteiger partial charge is 0.286 e. The van der Waals surface area contributed by atoms with Gasteiger partial charge in [0, 0.05) is 34.1 Å². The zero-order chi connectivity index (χ0) is 20.8. The van der Waals surface area contributed by atoms with Crippen molar-refractivity contribution in [3.8, 4) is 16.9 Å². The van der Waals surface area contributed by atoms with Crippen LogP contribution in [0.5, 0.6) is 0 Å². The lowest BCUT2D eigenvalue weighted by Crippen LogP contribution is -2.45. The number of piperidine rings is 1. The molecule has 1 N–H and O–H groups in total. The maximum absolute atomic E-state index is 13.2. The van der Waals surface area contributed by atoms with Crippen LogP contribution in [0.2, 0.25) is 10.0 Å². The molecule has 3 heterocycles. The summed E-state index contributed by atoms with van der Waals surface area (Å²) in [6.45, 7) is 1.75. The summed E-state index contributed by atoms with van der Waals surface area (Å²) in [6.07, 6.45) is 5.06. The van der Waals surface area contributed by atoms with E-state index in [0.29, 0.717) is 21.4 Å². The molecule has 2 aromatic heterocycles. The molecule has 1 aliphatic carbocycles. The predicted molar refractivity (Wildman–Crippen MR) is 125 cm³/mol. The van der Waals surface area contributed by atoms with Gasteiger partial charge in [0.05, 0.1) is 20.2 Å². The van der Waals surface area contributed by atoms with Crippen LogP contribution < -0.4 is 5.43 Å². The zero-order valence-corrected chi connectivity index (χ0v) is 20.0. The Kier molecular flexibility index (Phi) is 5.66. The molecule has 30 heavy (non-hydrogen) atoms. The molecule has 156 valence electrons. The Morgan fingerprint density at radius 3 is 2.70 bits per heavy atom. The molecule has 2 aliphatic rings. The summed E-state index contributed by atoms with van der Waals surface area (Å²) in [7, 11) is 0. The number of nitrogens with zero attached hydrogens (tertiary/aromatic N) is 3. The number of carbonyl (C=O) groups is 1. The zero-order valence-electron chi connectivity index (χ0n) is 16.1. The lowest BCUT2D eigenvalue weighted by molar-refractivity contribution is 0.0743. The lowest BCUT2D eigenvalue weighted by atomic mass is 9.94. The minimum absolute atomic E-state index is 0.158. The van der Waals surface area contributed by atoms with Gasteiger partial charge in [-0.25, -0.2) is 9.69 Å². The van der Waals surface area contributed by atoms with Crippen LogP contribution in [0.3, 0.4) is 0 Å². The van der Waals surface area contributed by atoms with E-state index < -0.39 is 0 Å². The predicted octanol–water partition coefficient (Wildman–Crippen LogP) is 5.90. The maximum atomic E-state index is 13.2. The van der Waals surface area contributed by atoms with Gasteiger partial charge >= 0.3 is 0 Å². The highest BCUT2D eigenvalue weighted by molar-refractivity contribution is 9.11. The van der Waals surface area contributed by atoms with Crippen molar-refractivity contribution in [3.63, 3.8) is 0 Å². The van der Waals surface area contributed by atoms with E-state index >= 15 is 0 Å². The highest BCUT2D eigenvalue weighted by atomic mass is 79.9. The van der Waals surface area contributed by atoms with Crippen LogP contribution in [0.25, 0.3) is 16.9 Å². The molecule has 5 rings (SSSR count). The standard InChI is InChI=1S/C21H19BrCl2N4OS/c22-18-11-14-17(30-18)7-5-13-19(21(29)26-27-8-2-1-3-9-27)25-28(20(13)14)16-6-4-12(23)10-15(16)24/h4,6,10-11H,1-3,5,7-9H2,(H,26,29). The second-order valence-corrected chi connectivity index (χ2v) is 10.9. The number of aromatic nitrogens is 2. The lowest BCUT2D eigenvalue weighted by Gasteiger charge is -2.26. The third kappa shape index (κ3) is 3.71. The van der Waals surface area contributed by atoms with Crippen LogP contribution in [-0.4, -0.2) is 33.8 Å². The van der Waals surface area contributed by atoms with Crippen molar-refractivity contribution in [3.05, 3.63) is 54.2 Å². The van der Waals surface area contributed by atoms with Crippen LogP contribution in [0.4, 0.5) is 0 Å². The second-order valence-electron chi connectivity index (χ2n) is 7.56. The fourth-order valence-electron chi connectivity index (χ4n) is 4.20. The molecule has 1 aliphatic heterocycles. The molecule has 1 fully saturated rings. The number of halogens is 3. The van der Waals surface area contributed by atoms with Crippen molar-refractivity contribution >= 4 is 56.4 Å². The summed E-state index contributed by atoms with van der Waals surface area (Å²) in [4.78, 5) is 14.5. The minimum Gasteiger partial charge on any atom is -0.283 e. The molecule has 0 unspecified atom stereocenters. The van der Waals surface area contributed by atoms with E-state index in [1.54, 1.807) is 28.2 Å². The van der Waals surface area contributed by atoms with E-state index in [1.165, 1.54) is 11.3 Å². The van der Waals surface area contributed by atoms with Crippen molar-refractivity contribution < 1.29 is 4.79 Å². The molecule has 1 saturated heterocycles. The van der Waals surface area contributed by atoms with Gasteiger partial charge in [0.1, 0.15) is 0 Å². The van der Waals surface area contributed by atoms with E-state index in [4.69, 9.17) is 28.3 Å². The molecule has 0 saturated carbocycles. The number of amides is 1. The van der Waals surface area contributed by atoms with E-state index in [0.717, 1.165) is 59.4 Å². The molecular formula is C21H19BrCl2N4OS. The van der Waals surface area contributed by atoms with Crippen LogP contribution in [-0.2, 0) is 12.8 Å². The topological polar surface area (TPSA) is 50.2 Å². The van der Waals surface area contributed by atoms with Gasteiger partial charge in [-0.05, 0) is 65.9 Å². The van der Waals surface area contributed by atoms with E-state index in [9.17, 15) is 4.79 Å². The molecule has 1 aromatic carbocycles. The molecule has 3 aromatic rings. The Hall–Kier alpha value is -1.38. The first-order valence-corrected chi connectivity index (χ1v) is 12.3. The number of aryl methyl sites for hydroxylation is 1. The van der Waals surface area contributed by atoms with Gasteiger partial charge in [0.15, 0.2) is 5.69 Å². The van der Waals surface area contributed by atoms with E-state index in [-0.39, 0.29) is 5.91 Å². The van der Waals surface area contributed by atoms with Gasteiger partial charge in [0.2, 0.25) is 0 Å². The maximum Gasteiger partial charge on any atom is 0.286 e. The number of thiophene rings is 1. The van der Waals surface area contributed by atoms with Crippen molar-refractivity contribution in [1.82, 2.24) is 20.2 Å². The third-order valence-corrected chi connectivity index (χ3v) is 7.82. The summed E-state index contributed by atoms with van der Waals surface area (Å²) >= 11 is 18.0. The third-order valence-electron chi connectivity index (χ3n) is 5.59.